The molecule has 0 unspecified atom stereocenters. The molecule has 3 rings (SSSR count). The van der Waals surface area contributed by atoms with Gasteiger partial charge in [0.15, 0.2) is 0 Å². The number of nitrogens with zero attached hydrogens (tertiary/aromatic N) is 1. The lowest BCUT2D eigenvalue weighted by Crippen LogP contribution is -2.40. The van der Waals surface area contributed by atoms with E-state index in [0.29, 0.717) is 18.2 Å². The van der Waals surface area contributed by atoms with Crippen molar-refractivity contribution in [3.8, 4) is 0 Å². The van der Waals surface area contributed by atoms with Crippen LogP contribution in [0.4, 0.5) is 39.5 Å². The maximum absolute atomic E-state index is 14.1. The van der Waals surface area contributed by atoms with E-state index in [2.05, 4.69) is 0 Å². The first-order valence-corrected chi connectivity index (χ1v) is 12.5. The quantitative estimate of drug-likeness (QED) is 0.262. The fourth-order valence-electron chi connectivity index (χ4n) is 5.01. The molecule has 1 aliphatic heterocycles. The second-order valence-corrected chi connectivity index (χ2v) is 10.2. The molecule has 0 radical (unpaired) electrons. The van der Waals surface area contributed by atoms with Gasteiger partial charge in [0.05, 0.1) is 22.7 Å². The first-order valence-electron chi connectivity index (χ1n) is 12.5. The second kappa shape index (κ2) is 11.8. The van der Waals surface area contributed by atoms with Crippen LogP contribution in [0.2, 0.25) is 0 Å². The van der Waals surface area contributed by atoms with Crippen LogP contribution >= 0.6 is 0 Å². The number of benzene rings is 2. The number of carboxylic acids is 1. The van der Waals surface area contributed by atoms with Crippen molar-refractivity contribution < 1.29 is 49.4 Å². The Labute approximate surface area is 225 Å². The topological polar surface area (TPSA) is 40.5 Å². The van der Waals surface area contributed by atoms with E-state index in [1.54, 1.807) is 19.9 Å². The van der Waals surface area contributed by atoms with Crippen LogP contribution in [0.25, 0.3) is 0 Å². The van der Waals surface area contributed by atoms with Gasteiger partial charge >= 0.3 is 24.5 Å². The van der Waals surface area contributed by atoms with Gasteiger partial charge in [-0.3, -0.25) is 9.69 Å². The second-order valence-electron chi connectivity index (χ2n) is 10.2. The predicted molar refractivity (Wildman–Crippen MR) is 129 cm³/mol. The van der Waals surface area contributed by atoms with Crippen LogP contribution in [0.5, 0.6) is 0 Å². The summed E-state index contributed by atoms with van der Waals surface area (Å²) in [6.45, 7) is 3.47. The Morgan fingerprint density at radius 3 is 1.98 bits per heavy atom. The fraction of sp³-hybridized carbons (Fsp3) is 0.464. The summed E-state index contributed by atoms with van der Waals surface area (Å²) in [5.74, 6) is -1.74. The molecule has 0 aliphatic carbocycles. The molecule has 1 fully saturated rings. The zero-order valence-corrected chi connectivity index (χ0v) is 21.5. The molecule has 1 aliphatic rings. The number of likely N-dealkylation sites (tertiary alicyclic amines) is 1. The van der Waals surface area contributed by atoms with Crippen molar-refractivity contribution in [3.63, 3.8) is 0 Å². The van der Waals surface area contributed by atoms with E-state index in [4.69, 9.17) is 0 Å². The molecule has 12 heteroatoms. The number of allylic oxidation sites excluding steroid dienone is 1. The number of alkyl halides is 9. The Hall–Kier alpha value is -3.02. The first-order chi connectivity index (χ1) is 18.4. The van der Waals surface area contributed by atoms with Crippen LogP contribution in [0, 0.1) is 11.8 Å². The van der Waals surface area contributed by atoms with Crippen LogP contribution in [0.1, 0.15) is 73.0 Å². The van der Waals surface area contributed by atoms with E-state index in [9.17, 15) is 49.4 Å². The van der Waals surface area contributed by atoms with Gasteiger partial charge in [-0.15, -0.1) is 0 Å². The van der Waals surface area contributed by atoms with Crippen molar-refractivity contribution in [2.24, 2.45) is 11.8 Å². The average Bonchev–Trinajstić information content (AvgIpc) is 2.82. The Morgan fingerprint density at radius 2 is 1.48 bits per heavy atom. The van der Waals surface area contributed by atoms with Gasteiger partial charge in [0.25, 0.3) is 0 Å². The standard InChI is InChI=1S/C28H28F9NO2/c1-16(2)3-10-23(21-15-20(27(32,33)34)8-9-22(21)28(35,36)37)38-12-11-17(14-25(39)40)13-24(38)18-4-6-19(7-5-18)26(29,30)31/h3-10,15-17,23-24H,11-14H2,1-2H3,(H,39,40)/b10-3-/t17-,23-,24+/m1/s1. The van der Waals surface area contributed by atoms with Crippen LogP contribution in [0.3, 0.4) is 0 Å². The van der Waals surface area contributed by atoms with E-state index in [0.717, 1.165) is 12.1 Å². The molecule has 1 N–H and O–H groups in total. The number of carboxylic acid groups (broad SMARTS) is 1. The lowest BCUT2D eigenvalue weighted by atomic mass is 9.82. The highest BCUT2D eigenvalue weighted by Gasteiger charge is 2.42. The predicted octanol–water partition coefficient (Wildman–Crippen LogP) is 8.92. The van der Waals surface area contributed by atoms with Crippen LogP contribution in [0.15, 0.2) is 54.6 Å². The molecule has 0 amide bonds. The molecule has 40 heavy (non-hydrogen) atoms. The fourth-order valence-corrected chi connectivity index (χ4v) is 5.01. The lowest BCUT2D eigenvalue weighted by molar-refractivity contribution is -0.142. The highest BCUT2D eigenvalue weighted by atomic mass is 19.4. The van der Waals surface area contributed by atoms with Crippen molar-refractivity contribution in [2.45, 2.75) is 63.7 Å². The molecule has 3 atom stereocenters. The molecule has 1 heterocycles. The van der Waals surface area contributed by atoms with Gasteiger partial charge in [-0.2, -0.15) is 39.5 Å². The summed E-state index contributed by atoms with van der Waals surface area (Å²) in [7, 11) is 0. The molecule has 0 spiro atoms. The largest absolute Gasteiger partial charge is 0.481 e. The minimum absolute atomic E-state index is 0.00425. The summed E-state index contributed by atoms with van der Waals surface area (Å²) in [6, 6.07) is 2.99. The van der Waals surface area contributed by atoms with Gasteiger partial charge < -0.3 is 5.11 Å². The molecule has 3 nitrogen and oxygen atoms in total. The number of halogens is 9. The lowest BCUT2D eigenvalue weighted by Gasteiger charge is -2.44. The van der Waals surface area contributed by atoms with Gasteiger partial charge in [-0.1, -0.05) is 38.1 Å². The summed E-state index contributed by atoms with van der Waals surface area (Å²) < 4.78 is 123. The van der Waals surface area contributed by atoms with E-state index >= 15 is 0 Å². The van der Waals surface area contributed by atoms with Gasteiger partial charge in [0, 0.05) is 12.5 Å². The van der Waals surface area contributed by atoms with Crippen LogP contribution in [-0.2, 0) is 23.3 Å². The van der Waals surface area contributed by atoms with E-state index < -0.39 is 64.8 Å². The van der Waals surface area contributed by atoms with Crippen molar-refractivity contribution in [1.82, 2.24) is 4.90 Å². The Bertz CT molecular complexity index is 1200. The smallest absolute Gasteiger partial charge is 0.416 e. The third-order valence-electron chi connectivity index (χ3n) is 6.88. The van der Waals surface area contributed by atoms with E-state index in [1.807, 2.05) is 0 Å². The molecular weight excluding hydrogens is 553 g/mol. The SMILES string of the molecule is CC(C)/C=C\[C@H](c1cc(C(F)(F)F)ccc1C(F)(F)F)N1CC[C@@H](CC(=O)O)C[C@H]1c1ccc(C(F)(F)F)cc1. The van der Waals surface area contributed by atoms with Gasteiger partial charge in [0.1, 0.15) is 0 Å². The summed E-state index contributed by atoms with van der Waals surface area (Å²) in [6.07, 6.45) is -11.6. The minimum atomic E-state index is -4.99. The zero-order chi connectivity index (χ0) is 30.0. The van der Waals surface area contributed by atoms with Crippen molar-refractivity contribution in [2.75, 3.05) is 6.54 Å². The maximum Gasteiger partial charge on any atom is 0.416 e. The minimum Gasteiger partial charge on any atom is -0.481 e. The molecule has 0 aromatic heterocycles. The Kier molecular flexibility index (Phi) is 9.33. The summed E-state index contributed by atoms with van der Waals surface area (Å²) in [4.78, 5) is 12.9. The normalized spacial score (nSPS) is 20.3. The van der Waals surface area contributed by atoms with Crippen molar-refractivity contribution in [1.29, 1.82) is 0 Å². The number of rotatable bonds is 7. The number of hydrogen-bond acceptors (Lipinski definition) is 2. The van der Waals surface area contributed by atoms with Gasteiger partial charge in [0.2, 0.25) is 0 Å². The summed E-state index contributed by atoms with van der Waals surface area (Å²) >= 11 is 0. The van der Waals surface area contributed by atoms with E-state index in [1.165, 1.54) is 23.1 Å². The Balaban J connectivity index is 2.21. The Morgan fingerprint density at radius 1 is 0.900 bits per heavy atom. The molecular formula is C28H28F9NO2. The number of aliphatic carboxylic acids is 1. The highest BCUT2D eigenvalue weighted by molar-refractivity contribution is 5.67. The van der Waals surface area contributed by atoms with Crippen LogP contribution < -0.4 is 0 Å². The zero-order valence-electron chi connectivity index (χ0n) is 21.5. The first kappa shape index (κ1) is 31.5. The molecule has 220 valence electrons. The highest BCUT2D eigenvalue weighted by Crippen LogP contribution is 2.46. The van der Waals surface area contributed by atoms with Gasteiger partial charge in [-0.05, 0) is 72.7 Å². The monoisotopic (exact) mass is 581 g/mol. The number of piperidine rings is 1. The van der Waals surface area contributed by atoms with Crippen molar-refractivity contribution >= 4 is 5.97 Å². The van der Waals surface area contributed by atoms with Crippen molar-refractivity contribution in [3.05, 3.63) is 82.4 Å². The summed E-state index contributed by atoms with van der Waals surface area (Å²) in [5, 5.41) is 9.30. The third-order valence-corrected chi connectivity index (χ3v) is 6.88. The third kappa shape index (κ3) is 7.80. The molecule has 1 saturated heterocycles. The van der Waals surface area contributed by atoms with Gasteiger partial charge in [-0.25, -0.2) is 0 Å². The maximum atomic E-state index is 14.1. The number of hydrogen-bond donors (Lipinski definition) is 1. The molecule has 2 aromatic carbocycles. The summed E-state index contributed by atoms with van der Waals surface area (Å²) in [5.41, 5.74) is -3.85. The molecule has 0 saturated carbocycles. The molecule has 0 bridgehead atoms. The number of carbonyl (C=O) groups is 1. The molecule has 2 aromatic rings. The van der Waals surface area contributed by atoms with E-state index in [-0.39, 0.29) is 37.3 Å². The average molecular weight is 582 g/mol. The van der Waals surface area contributed by atoms with Crippen LogP contribution in [-0.4, -0.2) is 22.5 Å².